The molecule has 0 aliphatic rings. The lowest BCUT2D eigenvalue weighted by atomic mass is 10.1. The van der Waals surface area contributed by atoms with E-state index in [2.05, 4.69) is 33.8 Å². The van der Waals surface area contributed by atoms with E-state index in [-0.39, 0.29) is 0 Å². The topological polar surface area (TPSA) is 51.6 Å². The van der Waals surface area contributed by atoms with Crippen LogP contribution >= 0.6 is 0 Å². The molecule has 0 N–H and O–H groups in total. The van der Waals surface area contributed by atoms with Crippen molar-refractivity contribution >= 4 is 0 Å². The second kappa shape index (κ2) is 8.81. The quantitative estimate of drug-likeness (QED) is 0.496. The van der Waals surface area contributed by atoms with Crippen LogP contribution in [0.5, 0.6) is 0 Å². The molecule has 134 valence electrons. The summed E-state index contributed by atoms with van der Waals surface area (Å²) in [7, 11) is 0. The number of rotatable bonds is 2. The molecule has 0 amide bonds. The Bertz CT molecular complexity index is 920. The average molecular weight is 354 g/mol. The first-order valence-corrected chi connectivity index (χ1v) is 8.83. The van der Waals surface area contributed by atoms with E-state index in [1.165, 1.54) is 11.1 Å². The number of hydrogen-bond donors (Lipinski definition) is 0. The minimum absolute atomic E-state index is 0.858. The Kier molecular flexibility index (Phi) is 6.00. The zero-order chi connectivity index (χ0) is 19.1. The monoisotopic (exact) mass is 354 g/mol. The average Bonchev–Trinajstić information content (AvgIpc) is 2.74. The summed E-state index contributed by atoms with van der Waals surface area (Å²) in [6.07, 6.45) is 7.17. The van der Waals surface area contributed by atoms with Crippen molar-refractivity contribution in [1.82, 2.24) is 19.9 Å². The fourth-order valence-electron chi connectivity index (χ4n) is 2.61. The highest BCUT2D eigenvalue weighted by Gasteiger charge is 2.09. The van der Waals surface area contributed by atoms with Gasteiger partial charge in [-0.05, 0) is 74.4 Å². The van der Waals surface area contributed by atoms with Crippen molar-refractivity contribution in [1.29, 1.82) is 0 Å². The number of aryl methyl sites for hydroxylation is 2. The Morgan fingerprint density at radius 2 is 1.22 bits per heavy atom. The van der Waals surface area contributed by atoms with Crippen molar-refractivity contribution in [2.75, 3.05) is 0 Å². The van der Waals surface area contributed by atoms with Crippen molar-refractivity contribution in [3.63, 3.8) is 0 Å². The molecule has 4 nitrogen and oxygen atoms in total. The molecule has 4 heterocycles. The highest BCUT2D eigenvalue weighted by molar-refractivity contribution is 5.76. The molecule has 0 fully saturated rings. The summed E-state index contributed by atoms with van der Waals surface area (Å²) in [5.41, 5.74) is 7.38. The van der Waals surface area contributed by atoms with Crippen molar-refractivity contribution in [3.05, 3.63) is 96.2 Å². The molecular weight excluding hydrogens is 332 g/mol. The van der Waals surface area contributed by atoms with Crippen molar-refractivity contribution in [3.8, 4) is 22.6 Å². The van der Waals surface area contributed by atoms with Gasteiger partial charge in [0.15, 0.2) is 0 Å². The molecule has 0 spiro atoms. The van der Waals surface area contributed by atoms with Gasteiger partial charge in [-0.2, -0.15) is 0 Å². The van der Waals surface area contributed by atoms with Crippen LogP contribution in [-0.2, 0) is 0 Å². The largest absolute Gasteiger partial charge is 0.261 e. The lowest BCUT2D eigenvalue weighted by Crippen LogP contribution is -1.92. The van der Waals surface area contributed by atoms with Gasteiger partial charge in [0.25, 0.3) is 0 Å². The summed E-state index contributed by atoms with van der Waals surface area (Å²) in [6, 6.07) is 17.6. The van der Waals surface area contributed by atoms with Gasteiger partial charge in [-0.1, -0.05) is 12.1 Å². The molecule has 4 heteroatoms. The fourth-order valence-corrected chi connectivity index (χ4v) is 2.61. The maximum absolute atomic E-state index is 4.42. The van der Waals surface area contributed by atoms with Crippen LogP contribution < -0.4 is 0 Å². The van der Waals surface area contributed by atoms with Crippen molar-refractivity contribution < 1.29 is 0 Å². The van der Waals surface area contributed by atoms with E-state index in [1.54, 1.807) is 18.6 Å². The Hall–Kier alpha value is -3.40. The number of aromatic nitrogens is 4. The van der Waals surface area contributed by atoms with E-state index in [4.69, 9.17) is 0 Å². The minimum Gasteiger partial charge on any atom is -0.261 e. The molecule has 4 rings (SSSR count). The lowest BCUT2D eigenvalue weighted by molar-refractivity contribution is 1.12. The van der Waals surface area contributed by atoms with E-state index in [9.17, 15) is 0 Å². The van der Waals surface area contributed by atoms with Gasteiger partial charge in [-0.3, -0.25) is 19.9 Å². The van der Waals surface area contributed by atoms with Crippen LogP contribution in [0.3, 0.4) is 0 Å². The summed E-state index contributed by atoms with van der Waals surface area (Å²) in [5.74, 6) is 0. The molecule has 0 saturated heterocycles. The van der Waals surface area contributed by atoms with Crippen molar-refractivity contribution in [2.45, 2.75) is 20.8 Å². The molecule has 0 saturated carbocycles. The van der Waals surface area contributed by atoms with Crippen LogP contribution in [0, 0.1) is 20.8 Å². The standard InChI is InChI=1S/C15H11N3.C8H11N/c1-3-9-16-13(7-1)12-6-5-11-18-15(12)14-8-2-4-10-17-14;1-6-4-5-9-8(3)7(6)2/h1-11H;4-5H,1-3H3. The third-order valence-electron chi connectivity index (χ3n) is 4.38. The van der Waals surface area contributed by atoms with Gasteiger partial charge in [0.2, 0.25) is 0 Å². The Morgan fingerprint density at radius 3 is 1.81 bits per heavy atom. The Labute approximate surface area is 160 Å². The Morgan fingerprint density at radius 1 is 0.556 bits per heavy atom. The maximum atomic E-state index is 4.42. The van der Waals surface area contributed by atoms with Crippen LogP contribution in [0.25, 0.3) is 22.6 Å². The van der Waals surface area contributed by atoms with E-state index in [0.717, 1.165) is 28.3 Å². The summed E-state index contributed by atoms with van der Waals surface area (Å²) in [5, 5.41) is 0. The first-order valence-electron chi connectivity index (χ1n) is 8.83. The molecule has 0 aromatic carbocycles. The molecular formula is C23H22N4. The van der Waals surface area contributed by atoms with Crippen LogP contribution in [0.1, 0.15) is 16.8 Å². The second-order valence-electron chi connectivity index (χ2n) is 6.17. The van der Waals surface area contributed by atoms with E-state index >= 15 is 0 Å². The van der Waals surface area contributed by atoms with Gasteiger partial charge in [0.05, 0.1) is 17.1 Å². The predicted octanol–water partition coefficient (Wildman–Crippen LogP) is 5.21. The number of hydrogen-bond acceptors (Lipinski definition) is 4. The normalized spacial score (nSPS) is 10.0. The molecule has 0 aliphatic heterocycles. The minimum atomic E-state index is 0.858. The third kappa shape index (κ3) is 4.61. The van der Waals surface area contributed by atoms with Crippen LogP contribution in [0.15, 0.2) is 79.4 Å². The summed E-state index contributed by atoms with van der Waals surface area (Å²) in [6.45, 7) is 6.23. The SMILES string of the molecule is Cc1ccnc(C)c1C.c1ccc(-c2cccnc2-c2ccccn2)nc1. The highest BCUT2D eigenvalue weighted by Crippen LogP contribution is 2.26. The number of nitrogens with zero attached hydrogens (tertiary/aromatic N) is 4. The van der Waals surface area contributed by atoms with Crippen LogP contribution in [0.4, 0.5) is 0 Å². The van der Waals surface area contributed by atoms with E-state index < -0.39 is 0 Å². The zero-order valence-corrected chi connectivity index (χ0v) is 15.8. The third-order valence-corrected chi connectivity index (χ3v) is 4.38. The summed E-state index contributed by atoms with van der Waals surface area (Å²) >= 11 is 0. The molecule has 0 aliphatic carbocycles. The van der Waals surface area contributed by atoms with Crippen molar-refractivity contribution in [2.24, 2.45) is 0 Å². The van der Waals surface area contributed by atoms with E-state index in [1.807, 2.05) is 67.7 Å². The zero-order valence-electron chi connectivity index (χ0n) is 15.8. The van der Waals surface area contributed by atoms with Crippen LogP contribution in [0.2, 0.25) is 0 Å². The molecule has 0 radical (unpaired) electrons. The smallest absolute Gasteiger partial charge is 0.0980 e. The highest BCUT2D eigenvalue weighted by atomic mass is 14.8. The molecule has 0 unspecified atom stereocenters. The van der Waals surface area contributed by atoms with Gasteiger partial charge in [-0.15, -0.1) is 0 Å². The molecule has 0 bridgehead atoms. The second-order valence-corrected chi connectivity index (χ2v) is 6.17. The van der Waals surface area contributed by atoms with Gasteiger partial charge in [0.1, 0.15) is 0 Å². The van der Waals surface area contributed by atoms with Crippen LogP contribution in [-0.4, -0.2) is 19.9 Å². The maximum Gasteiger partial charge on any atom is 0.0980 e. The molecule has 0 atom stereocenters. The lowest BCUT2D eigenvalue weighted by Gasteiger charge is -2.06. The number of pyridine rings is 4. The first kappa shape index (κ1) is 18.4. The summed E-state index contributed by atoms with van der Waals surface area (Å²) < 4.78 is 0. The van der Waals surface area contributed by atoms with Gasteiger partial charge < -0.3 is 0 Å². The van der Waals surface area contributed by atoms with E-state index in [0.29, 0.717) is 0 Å². The van der Waals surface area contributed by atoms with Gasteiger partial charge in [-0.25, -0.2) is 0 Å². The molecule has 4 aromatic heterocycles. The first-order chi connectivity index (χ1) is 13.2. The van der Waals surface area contributed by atoms with Gasteiger partial charge >= 0.3 is 0 Å². The Balaban J connectivity index is 0.000000197. The molecule has 4 aromatic rings. The predicted molar refractivity (Wildman–Crippen MR) is 109 cm³/mol. The summed E-state index contributed by atoms with van der Waals surface area (Å²) in [4.78, 5) is 17.3. The molecule has 27 heavy (non-hydrogen) atoms. The van der Waals surface area contributed by atoms with Gasteiger partial charge in [0, 0.05) is 36.0 Å². The fraction of sp³-hybridized carbons (Fsp3) is 0.130.